The molecule has 108 valence electrons. The fourth-order valence-electron chi connectivity index (χ4n) is 4.07. The molecule has 1 N–H and O–H groups in total. The van der Waals surface area contributed by atoms with Crippen LogP contribution in [0.5, 0.6) is 0 Å². The zero-order valence-electron chi connectivity index (χ0n) is 12.3. The minimum absolute atomic E-state index is 0.272. The van der Waals surface area contributed by atoms with E-state index in [1.807, 2.05) is 7.05 Å². The molecule has 0 spiro atoms. The number of piperidine rings is 2. The van der Waals surface area contributed by atoms with E-state index in [1.54, 1.807) is 0 Å². The van der Waals surface area contributed by atoms with Gasteiger partial charge in [-0.1, -0.05) is 0 Å². The highest BCUT2D eigenvalue weighted by molar-refractivity contribution is 5.79. The van der Waals surface area contributed by atoms with Crippen LogP contribution in [-0.4, -0.2) is 61.0 Å². The van der Waals surface area contributed by atoms with Crippen molar-refractivity contribution in [2.75, 3.05) is 27.2 Å². The van der Waals surface area contributed by atoms with E-state index in [1.165, 1.54) is 12.8 Å². The second-order valence-corrected chi connectivity index (χ2v) is 6.79. The molecular formula is C15H27N3O. The van der Waals surface area contributed by atoms with Gasteiger partial charge in [-0.25, -0.2) is 0 Å². The Balaban J connectivity index is 1.57. The van der Waals surface area contributed by atoms with Crippen LogP contribution in [0.1, 0.15) is 38.5 Å². The number of fused-ring (bicyclic) bond motifs is 2. The van der Waals surface area contributed by atoms with Crippen LogP contribution in [0, 0.1) is 5.92 Å². The quantitative estimate of drug-likeness (QED) is 0.811. The zero-order valence-corrected chi connectivity index (χ0v) is 12.3. The van der Waals surface area contributed by atoms with Gasteiger partial charge in [0.1, 0.15) is 0 Å². The van der Waals surface area contributed by atoms with E-state index in [4.69, 9.17) is 0 Å². The van der Waals surface area contributed by atoms with Gasteiger partial charge in [0.2, 0.25) is 5.91 Å². The van der Waals surface area contributed by atoms with Crippen molar-refractivity contribution in [3.05, 3.63) is 0 Å². The van der Waals surface area contributed by atoms with Gasteiger partial charge < -0.3 is 15.1 Å². The molecule has 3 heterocycles. The summed E-state index contributed by atoms with van der Waals surface area (Å²) in [6.07, 6.45) is 7.00. The van der Waals surface area contributed by atoms with Crippen molar-refractivity contribution in [2.45, 2.75) is 56.7 Å². The van der Waals surface area contributed by atoms with E-state index in [0.29, 0.717) is 24.0 Å². The Morgan fingerprint density at radius 3 is 2.26 bits per heavy atom. The number of hydrogen-bond donors (Lipinski definition) is 1. The molecule has 0 aromatic rings. The second kappa shape index (κ2) is 5.41. The predicted molar refractivity (Wildman–Crippen MR) is 76.0 cm³/mol. The van der Waals surface area contributed by atoms with E-state index in [9.17, 15) is 4.79 Å². The maximum absolute atomic E-state index is 12.6. The van der Waals surface area contributed by atoms with E-state index >= 15 is 0 Å². The van der Waals surface area contributed by atoms with Crippen LogP contribution < -0.4 is 5.32 Å². The van der Waals surface area contributed by atoms with Crippen LogP contribution in [0.2, 0.25) is 0 Å². The minimum atomic E-state index is 0.272. The van der Waals surface area contributed by atoms with Gasteiger partial charge in [0.15, 0.2) is 0 Å². The van der Waals surface area contributed by atoms with Crippen molar-refractivity contribution < 1.29 is 4.79 Å². The molecule has 4 nitrogen and oxygen atoms in total. The molecule has 3 saturated heterocycles. The smallest absolute Gasteiger partial charge is 0.225 e. The number of rotatable bonds is 2. The summed E-state index contributed by atoms with van der Waals surface area (Å²) in [6, 6.07) is 1.80. The number of nitrogens with zero attached hydrogens (tertiary/aromatic N) is 2. The largest absolute Gasteiger partial charge is 0.342 e. The maximum atomic E-state index is 12.6. The number of hydrogen-bond acceptors (Lipinski definition) is 3. The lowest BCUT2D eigenvalue weighted by Crippen LogP contribution is -2.51. The Kier molecular flexibility index (Phi) is 3.81. The maximum Gasteiger partial charge on any atom is 0.225 e. The summed E-state index contributed by atoms with van der Waals surface area (Å²) in [4.78, 5) is 17.0. The third-order valence-corrected chi connectivity index (χ3v) is 5.41. The van der Waals surface area contributed by atoms with Crippen LogP contribution in [0.25, 0.3) is 0 Å². The summed E-state index contributed by atoms with van der Waals surface area (Å²) >= 11 is 0. The number of likely N-dealkylation sites (tertiary alicyclic amines) is 1. The summed E-state index contributed by atoms with van der Waals surface area (Å²) < 4.78 is 0. The fraction of sp³-hybridized carbons (Fsp3) is 0.933. The first kappa shape index (κ1) is 13.4. The Hall–Kier alpha value is -0.610. The summed E-state index contributed by atoms with van der Waals surface area (Å²) in [5.41, 5.74) is 0. The van der Waals surface area contributed by atoms with Gasteiger partial charge in [0.05, 0.1) is 0 Å². The molecule has 0 aromatic heterocycles. The molecule has 2 atom stereocenters. The van der Waals surface area contributed by atoms with Crippen molar-refractivity contribution in [3.63, 3.8) is 0 Å². The van der Waals surface area contributed by atoms with Gasteiger partial charge in [-0.15, -0.1) is 0 Å². The molecule has 19 heavy (non-hydrogen) atoms. The lowest BCUT2D eigenvalue weighted by molar-refractivity contribution is -0.138. The van der Waals surface area contributed by atoms with Gasteiger partial charge in [-0.2, -0.15) is 0 Å². The van der Waals surface area contributed by atoms with E-state index < -0.39 is 0 Å². The summed E-state index contributed by atoms with van der Waals surface area (Å²) in [5, 5.41) is 3.65. The number of amides is 1. The van der Waals surface area contributed by atoms with Gasteiger partial charge in [-0.05, 0) is 58.7 Å². The molecule has 0 radical (unpaired) electrons. The van der Waals surface area contributed by atoms with Gasteiger partial charge in [-0.3, -0.25) is 4.79 Å². The molecule has 0 aromatic carbocycles. The molecular weight excluding hydrogens is 238 g/mol. The SMILES string of the molecule is CN1CCC(C(=O)N(C)C2CC3CCC(C2)N3)CC1. The monoisotopic (exact) mass is 265 g/mol. The van der Waals surface area contributed by atoms with Crippen LogP contribution >= 0.6 is 0 Å². The summed E-state index contributed by atoms with van der Waals surface area (Å²) in [5.74, 6) is 0.674. The second-order valence-electron chi connectivity index (χ2n) is 6.79. The van der Waals surface area contributed by atoms with Crippen molar-refractivity contribution in [1.82, 2.24) is 15.1 Å². The van der Waals surface area contributed by atoms with Crippen molar-refractivity contribution in [1.29, 1.82) is 0 Å². The van der Waals surface area contributed by atoms with E-state index in [0.717, 1.165) is 38.8 Å². The summed E-state index contributed by atoms with van der Waals surface area (Å²) in [6.45, 7) is 2.14. The Bertz CT molecular complexity index is 326. The Morgan fingerprint density at radius 1 is 1.11 bits per heavy atom. The molecule has 1 amide bonds. The van der Waals surface area contributed by atoms with Gasteiger partial charge in [0, 0.05) is 31.1 Å². The topological polar surface area (TPSA) is 35.6 Å². The first-order valence-electron chi connectivity index (χ1n) is 7.84. The first-order chi connectivity index (χ1) is 9.13. The van der Waals surface area contributed by atoms with Crippen molar-refractivity contribution in [3.8, 4) is 0 Å². The molecule has 3 aliphatic rings. The molecule has 2 bridgehead atoms. The Labute approximate surface area is 116 Å². The van der Waals surface area contributed by atoms with Crippen molar-refractivity contribution in [2.24, 2.45) is 5.92 Å². The fourth-order valence-corrected chi connectivity index (χ4v) is 4.07. The normalized spacial score (nSPS) is 36.4. The van der Waals surface area contributed by atoms with Gasteiger partial charge >= 0.3 is 0 Å². The highest BCUT2D eigenvalue weighted by atomic mass is 16.2. The van der Waals surface area contributed by atoms with E-state index in [2.05, 4.69) is 22.2 Å². The van der Waals surface area contributed by atoms with Crippen LogP contribution in [0.4, 0.5) is 0 Å². The lowest BCUT2D eigenvalue weighted by Gasteiger charge is -2.38. The molecule has 3 rings (SSSR count). The first-order valence-corrected chi connectivity index (χ1v) is 7.84. The van der Waals surface area contributed by atoms with Crippen LogP contribution in [-0.2, 0) is 4.79 Å². The lowest BCUT2D eigenvalue weighted by atomic mass is 9.93. The van der Waals surface area contributed by atoms with Crippen LogP contribution in [0.3, 0.4) is 0 Å². The third kappa shape index (κ3) is 2.79. The molecule has 2 unspecified atom stereocenters. The molecule has 0 saturated carbocycles. The summed E-state index contributed by atoms with van der Waals surface area (Å²) in [7, 11) is 4.19. The van der Waals surface area contributed by atoms with E-state index in [-0.39, 0.29) is 5.92 Å². The van der Waals surface area contributed by atoms with Crippen LogP contribution in [0.15, 0.2) is 0 Å². The molecule has 4 heteroatoms. The average molecular weight is 265 g/mol. The Morgan fingerprint density at radius 2 is 1.68 bits per heavy atom. The standard InChI is InChI=1S/C15H27N3O/c1-17-7-5-11(6-8-17)15(19)18(2)14-9-12-3-4-13(10-14)16-12/h11-14,16H,3-10H2,1-2H3. The van der Waals surface area contributed by atoms with Gasteiger partial charge in [0.25, 0.3) is 0 Å². The number of nitrogens with one attached hydrogen (secondary N) is 1. The predicted octanol–water partition coefficient (Wildman–Crippen LogP) is 1.07. The van der Waals surface area contributed by atoms with Crippen molar-refractivity contribution >= 4 is 5.91 Å². The minimum Gasteiger partial charge on any atom is -0.342 e. The molecule has 3 aliphatic heterocycles. The third-order valence-electron chi connectivity index (χ3n) is 5.41. The highest BCUT2D eigenvalue weighted by Crippen LogP contribution is 2.30. The number of carbonyl (C=O) groups excluding carboxylic acids is 1. The average Bonchev–Trinajstić information content (AvgIpc) is 2.76. The number of carbonyl (C=O) groups is 1. The molecule has 0 aliphatic carbocycles. The zero-order chi connectivity index (χ0) is 13.4. The highest BCUT2D eigenvalue weighted by Gasteiger charge is 2.37. The molecule has 3 fully saturated rings.